The molecule has 1 aromatic rings. The van der Waals surface area contributed by atoms with Gasteiger partial charge in [0.2, 0.25) is 10.0 Å². The van der Waals surface area contributed by atoms with E-state index in [1.807, 2.05) is 11.9 Å². The third-order valence-corrected chi connectivity index (χ3v) is 7.21. The average Bonchev–Trinajstić information content (AvgIpc) is 2.54. The van der Waals surface area contributed by atoms with Crippen molar-refractivity contribution in [3.8, 4) is 0 Å². The third-order valence-electron chi connectivity index (χ3n) is 5.35. The molecule has 0 radical (unpaired) electrons. The summed E-state index contributed by atoms with van der Waals surface area (Å²) in [5.41, 5.74) is -0.902. The summed E-state index contributed by atoms with van der Waals surface area (Å²) >= 11 is 0. The molecule has 0 amide bonds. The Kier molecular flexibility index (Phi) is 4.39. The molecule has 2 fully saturated rings. The molecular weight excluding hydrogens is 335 g/mol. The molecule has 0 saturated carbocycles. The van der Waals surface area contributed by atoms with Crippen LogP contribution in [-0.4, -0.2) is 61.4 Å². The van der Waals surface area contributed by atoms with Gasteiger partial charge in [0.1, 0.15) is 5.82 Å². The first-order valence-corrected chi connectivity index (χ1v) is 9.41. The number of aliphatic carboxylic acids is 1. The molecule has 0 aliphatic carbocycles. The van der Waals surface area contributed by atoms with Crippen molar-refractivity contribution in [1.82, 2.24) is 9.21 Å². The van der Waals surface area contributed by atoms with Crippen molar-refractivity contribution >= 4 is 16.0 Å². The molecule has 2 aliphatic heterocycles. The number of hydrogen-bond donors (Lipinski definition) is 1. The number of sulfonamides is 1. The van der Waals surface area contributed by atoms with Crippen molar-refractivity contribution in [1.29, 1.82) is 0 Å². The van der Waals surface area contributed by atoms with Gasteiger partial charge in [0.25, 0.3) is 0 Å². The molecule has 1 N–H and O–H groups in total. The highest BCUT2D eigenvalue weighted by Gasteiger charge is 2.53. The van der Waals surface area contributed by atoms with Gasteiger partial charge in [0, 0.05) is 19.1 Å². The van der Waals surface area contributed by atoms with Crippen molar-refractivity contribution in [2.24, 2.45) is 5.41 Å². The highest BCUT2D eigenvalue weighted by atomic mass is 32.2. The molecule has 2 atom stereocenters. The highest BCUT2D eigenvalue weighted by Crippen LogP contribution is 2.43. The van der Waals surface area contributed by atoms with Gasteiger partial charge in [-0.1, -0.05) is 6.07 Å². The van der Waals surface area contributed by atoms with E-state index in [1.54, 1.807) is 0 Å². The summed E-state index contributed by atoms with van der Waals surface area (Å²) in [4.78, 5) is 13.7. The Morgan fingerprint density at radius 2 is 2.08 bits per heavy atom. The summed E-state index contributed by atoms with van der Waals surface area (Å²) in [7, 11) is -2.00. The molecule has 132 valence electrons. The van der Waals surface area contributed by atoms with E-state index in [9.17, 15) is 22.7 Å². The number of benzene rings is 1. The fourth-order valence-electron chi connectivity index (χ4n) is 3.95. The van der Waals surface area contributed by atoms with Crippen molar-refractivity contribution in [3.05, 3.63) is 30.1 Å². The Balaban J connectivity index is 1.92. The number of halogens is 1. The van der Waals surface area contributed by atoms with Gasteiger partial charge in [0.05, 0.1) is 10.3 Å². The fraction of sp³-hybridized carbons (Fsp3) is 0.562. The predicted molar refractivity (Wildman–Crippen MR) is 85.5 cm³/mol. The Morgan fingerprint density at radius 1 is 1.33 bits per heavy atom. The van der Waals surface area contributed by atoms with Gasteiger partial charge in [0.15, 0.2) is 0 Å². The largest absolute Gasteiger partial charge is 0.481 e. The summed E-state index contributed by atoms with van der Waals surface area (Å²) in [5, 5.41) is 9.74. The normalized spacial score (nSPS) is 29.2. The summed E-state index contributed by atoms with van der Waals surface area (Å²) in [6, 6.07) is 4.54. The number of rotatable bonds is 3. The predicted octanol–water partition coefficient (Wildman–Crippen LogP) is 1.39. The minimum Gasteiger partial charge on any atom is -0.481 e. The van der Waals surface area contributed by atoms with Gasteiger partial charge in [-0.15, -0.1) is 0 Å². The number of carboxylic acids is 1. The summed E-state index contributed by atoms with van der Waals surface area (Å²) in [5.74, 6) is -1.47. The van der Waals surface area contributed by atoms with Gasteiger partial charge >= 0.3 is 5.97 Å². The summed E-state index contributed by atoms with van der Waals surface area (Å²) in [6.07, 6.45) is 1.62. The third kappa shape index (κ3) is 2.72. The van der Waals surface area contributed by atoms with Crippen LogP contribution in [-0.2, 0) is 14.8 Å². The minimum absolute atomic E-state index is 0.0937. The fourth-order valence-corrected chi connectivity index (χ4v) is 5.43. The molecule has 2 heterocycles. The Bertz CT molecular complexity index is 754. The van der Waals surface area contributed by atoms with Crippen LogP contribution >= 0.6 is 0 Å². The lowest BCUT2D eigenvalue weighted by Crippen LogP contribution is -2.63. The molecule has 1 aromatic carbocycles. The Morgan fingerprint density at radius 3 is 2.75 bits per heavy atom. The van der Waals surface area contributed by atoms with Crippen LogP contribution in [0.15, 0.2) is 29.2 Å². The van der Waals surface area contributed by atoms with E-state index in [4.69, 9.17) is 0 Å². The standard InChI is InChI=1S/C16H21FN2O4S/c1-18-8-3-6-16(15(20)21)7-9-19(11-14(16)18)24(22,23)13-5-2-4-12(17)10-13/h2,4-5,10,14H,3,6-9,11H2,1H3,(H,20,21)/t14-,16+/m1/s1. The zero-order chi connectivity index (χ0) is 17.5. The second-order valence-corrected chi connectivity index (χ2v) is 8.57. The van der Waals surface area contributed by atoms with Gasteiger partial charge in [-0.3, -0.25) is 4.79 Å². The number of piperidine rings is 2. The van der Waals surface area contributed by atoms with Crippen LogP contribution in [0.4, 0.5) is 4.39 Å². The molecule has 8 heteroatoms. The molecule has 2 saturated heterocycles. The Labute approximate surface area is 140 Å². The molecule has 6 nitrogen and oxygen atoms in total. The Hall–Kier alpha value is -1.51. The van der Waals surface area contributed by atoms with E-state index < -0.39 is 27.2 Å². The number of carboxylic acid groups (broad SMARTS) is 1. The molecule has 2 aliphatic rings. The van der Waals surface area contributed by atoms with Gasteiger partial charge in [-0.2, -0.15) is 4.31 Å². The lowest BCUT2D eigenvalue weighted by Gasteiger charge is -2.51. The first kappa shape index (κ1) is 17.3. The second kappa shape index (κ2) is 6.09. The minimum atomic E-state index is -3.84. The van der Waals surface area contributed by atoms with Crippen LogP contribution < -0.4 is 0 Å². The van der Waals surface area contributed by atoms with Crippen molar-refractivity contribution in [3.63, 3.8) is 0 Å². The van der Waals surface area contributed by atoms with Gasteiger partial charge in [-0.25, -0.2) is 12.8 Å². The number of fused-ring (bicyclic) bond motifs is 1. The zero-order valence-corrected chi connectivity index (χ0v) is 14.3. The lowest BCUT2D eigenvalue weighted by atomic mass is 9.69. The molecule has 0 aromatic heterocycles. The monoisotopic (exact) mass is 356 g/mol. The highest BCUT2D eigenvalue weighted by molar-refractivity contribution is 7.89. The van der Waals surface area contributed by atoms with Crippen LogP contribution in [0, 0.1) is 11.2 Å². The summed E-state index contributed by atoms with van der Waals surface area (Å²) in [6.45, 7) is 0.991. The number of carbonyl (C=O) groups is 1. The summed E-state index contributed by atoms with van der Waals surface area (Å²) < 4.78 is 40.3. The SMILES string of the molecule is CN1CCC[C@]2(C(=O)O)CCN(S(=O)(=O)c3cccc(F)c3)C[C@@H]12. The van der Waals surface area contributed by atoms with Crippen LogP contribution in [0.2, 0.25) is 0 Å². The average molecular weight is 356 g/mol. The van der Waals surface area contributed by atoms with Crippen LogP contribution in [0.5, 0.6) is 0 Å². The van der Waals surface area contributed by atoms with E-state index in [1.165, 1.54) is 22.5 Å². The maximum atomic E-state index is 13.4. The smallest absolute Gasteiger partial charge is 0.311 e. The first-order chi connectivity index (χ1) is 11.3. The lowest BCUT2D eigenvalue weighted by molar-refractivity contribution is -0.160. The second-order valence-electron chi connectivity index (χ2n) is 6.63. The first-order valence-electron chi connectivity index (χ1n) is 7.97. The maximum absolute atomic E-state index is 13.4. The van der Waals surface area contributed by atoms with Crippen molar-refractivity contribution in [2.75, 3.05) is 26.7 Å². The van der Waals surface area contributed by atoms with Crippen LogP contribution in [0.25, 0.3) is 0 Å². The molecule has 3 rings (SSSR count). The number of hydrogen-bond acceptors (Lipinski definition) is 4. The number of nitrogens with zero attached hydrogens (tertiary/aromatic N) is 2. The van der Waals surface area contributed by atoms with Crippen LogP contribution in [0.3, 0.4) is 0 Å². The quantitative estimate of drug-likeness (QED) is 0.885. The van der Waals surface area contributed by atoms with E-state index in [0.29, 0.717) is 6.42 Å². The number of likely N-dealkylation sites (N-methyl/N-ethyl adjacent to an activating group) is 1. The van der Waals surface area contributed by atoms with E-state index in [-0.39, 0.29) is 30.4 Å². The molecular formula is C16H21FN2O4S. The molecule has 0 spiro atoms. The molecule has 0 unspecified atom stereocenters. The van der Waals surface area contributed by atoms with E-state index in [2.05, 4.69) is 0 Å². The van der Waals surface area contributed by atoms with E-state index >= 15 is 0 Å². The van der Waals surface area contributed by atoms with Crippen molar-refractivity contribution in [2.45, 2.75) is 30.2 Å². The topological polar surface area (TPSA) is 77.9 Å². The van der Waals surface area contributed by atoms with Gasteiger partial charge < -0.3 is 10.0 Å². The van der Waals surface area contributed by atoms with Gasteiger partial charge in [-0.05, 0) is 51.1 Å². The maximum Gasteiger partial charge on any atom is 0.311 e. The molecule has 24 heavy (non-hydrogen) atoms. The van der Waals surface area contributed by atoms with E-state index in [0.717, 1.165) is 19.0 Å². The zero-order valence-electron chi connectivity index (χ0n) is 13.5. The molecule has 0 bridgehead atoms. The van der Waals surface area contributed by atoms with Crippen LogP contribution in [0.1, 0.15) is 19.3 Å². The number of likely N-dealkylation sites (tertiary alicyclic amines) is 1. The van der Waals surface area contributed by atoms with Crippen molar-refractivity contribution < 1.29 is 22.7 Å².